The average molecular weight is 411 g/mol. The van der Waals surface area contributed by atoms with Gasteiger partial charge in [0.05, 0.1) is 5.69 Å². The Labute approximate surface area is 175 Å². The maximum absolute atomic E-state index is 5.53. The molecule has 0 radical (unpaired) electrons. The molecule has 1 saturated heterocycles. The number of fused-ring (bicyclic) bond motifs is 1. The molecule has 0 N–H and O–H groups in total. The van der Waals surface area contributed by atoms with Gasteiger partial charge in [0.1, 0.15) is 0 Å². The highest BCUT2D eigenvalue weighted by Gasteiger charge is 2.20. The summed E-state index contributed by atoms with van der Waals surface area (Å²) in [5.74, 6) is 1.66. The Morgan fingerprint density at radius 1 is 1.03 bits per heavy atom. The molecule has 2 aliphatic rings. The van der Waals surface area contributed by atoms with Gasteiger partial charge in [-0.15, -0.1) is 11.3 Å². The fourth-order valence-corrected chi connectivity index (χ4v) is 4.94. The number of hydrogen-bond donors (Lipinski definition) is 0. The number of aromatic nitrogens is 2. The largest absolute Gasteiger partial charge is 0.454 e. The second kappa shape index (κ2) is 7.39. The van der Waals surface area contributed by atoms with Crippen molar-refractivity contribution in [1.29, 1.82) is 0 Å². The molecular weight excluding hydrogens is 384 g/mol. The minimum atomic E-state index is 0.309. The smallest absolute Gasteiger partial charge is 0.231 e. The third kappa shape index (κ3) is 3.49. The first-order valence-corrected chi connectivity index (χ1v) is 10.9. The Kier molecular flexibility index (Phi) is 4.72. The average Bonchev–Trinajstić information content (AvgIpc) is 3.44. The highest BCUT2D eigenvalue weighted by atomic mass is 32.1. The van der Waals surface area contributed by atoms with Crippen molar-refractivity contribution in [1.82, 2.24) is 14.5 Å². The Hall–Kier alpha value is -2.51. The van der Waals surface area contributed by atoms with Gasteiger partial charge in [-0.25, -0.2) is 4.98 Å². The molecule has 29 heavy (non-hydrogen) atoms. The number of thiazole rings is 1. The topological polar surface area (TPSA) is 42.8 Å². The van der Waals surface area contributed by atoms with Crippen molar-refractivity contribution in [2.45, 2.75) is 20.4 Å². The van der Waals surface area contributed by atoms with Gasteiger partial charge in [-0.3, -0.25) is 0 Å². The van der Waals surface area contributed by atoms with E-state index >= 15 is 0 Å². The number of piperazine rings is 1. The number of anilines is 1. The SMILES string of the molecule is Cc1cc(-c2csc(N3CCN(C)CC3)n2)c(C)n1Cc1ccc2c(c1)OCO2. The lowest BCUT2D eigenvalue weighted by molar-refractivity contribution is 0.174. The summed E-state index contributed by atoms with van der Waals surface area (Å²) in [4.78, 5) is 9.75. The summed E-state index contributed by atoms with van der Waals surface area (Å²) in [5, 5.41) is 3.33. The molecule has 0 unspecified atom stereocenters. The van der Waals surface area contributed by atoms with Crippen LogP contribution < -0.4 is 14.4 Å². The predicted octanol–water partition coefficient (Wildman–Crippen LogP) is 3.76. The van der Waals surface area contributed by atoms with E-state index in [1.165, 1.54) is 22.5 Å². The molecule has 2 aromatic heterocycles. The molecule has 0 aliphatic carbocycles. The van der Waals surface area contributed by atoms with Crippen LogP contribution in [0.15, 0.2) is 29.6 Å². The van der Waals surface area contributed by atoms with Crippen molar-refractivity contribution < 1.29 is 9.47 Å². The van der Waals surface area contributed by atoms with E-state index in [2.05, 4.69) is 58.8 Å². The number of aryl methyl sites for hydroxylation is 1. The maximum Gasteiger partial charge on any atom is 0.231 e. The molecule has 1 aromatic carbocycles. The second-order valence-electron chi connectivity index (χ2n) is 7.86. The first-order valence-electron chi connectivity index (χ1n) is 10.0. The van der Waals surface area contributed by atoms with E-state index in [1.807, 2.05) is 6.07 Å². The van der Waals surface area contributed by atoms with E-state index in [1.54, 1.807) is 11.3 Å². The summed E-state index contributed by atoms with van der Waals surface area (Å²) < 4.78 is 13.3. The lowest BCUT2D eigenvalue weighted by Crippen LogP contribution is -2.44. The molecule has 152 valence electrons. The van der Waals surface area contributed by atoms with E-state index in [9.17, 15) is 0 Å². The summed E-state index contributed by atoms with van der Waals surface area (Å²) >= 11 is 1.75. The fourth-order valence-electron chi connectivity index (χ4n) is 4.06. The quantitative estimate of drug-likeness (QED) is 0.655. The molecule has 0 bridgehead atoms. The van der Waals surface area contributed by atoms with Crippen molar-refractivity contribution in [2.75, 3.05) is 44.9 Å². The molecule has 6 nitrogen and oxygen atoms in total. The van der Waals surface area contributed by atoms with Crippen molar-refractivity contribution in [3.8, 4) is 22.8 Å². The van der Waals surface area contributed by atoms with Crippen LogP contribution in [0.5, 0.6) is 11.5 Å². The predicted molar refractivity (Wildman–Crippen MR) is 116 cm³/mol. The van der Waals surface area contributed by atoms with Gasteiger partial charge in [0.2, 0.25) is 6.79 Å². The molecule has 2 aliphatic heterocycles. The van der Waals surface area contributed by atoms with Crippen LogP contribution in [-0.2, 0) is 6.54 Å². The van der Waals surface area contributed by atoms with Gasteiger partial charge in [0, 0.05) is 55.1 Å². The Morgan fingerprint density at radius 3 is 2.66 bits per heavy atom. The summed E-state index contributed by atoms with van der Waals surface area (Å²) in [6, 6.07) is 8.44. The lowest BCUT2D eigenvalue weighted by atomic mass is 10.2. The highest BCUT2D eigenvalue weighted by molar-refractivity contribution is 7.14. The van der Waals surface area contributed by atoms with Crippen molar-refractivity contribution in [3.63, 3.8) is 0 Å². The Morgan fingerprint density at radius 2 is 1.83 bits per heavy atom. The van der Waals surface area contributed by atoms with Crippen molar-refractivity contribution >= 4 is 16.5 Å². The van der Waals surface area contributed by atoms with Crippen molar-refractivity contribution in [3.05, 3.63) is 46.6 Å². The summed E-state index contributed by atoms with van der Waals surface area (Å²) in [6.45, 7) is 9.76. The molecule has 4 heterocycles. The first-order chi connectivity index (χ1) is 14.1. The first kappa shape index (κ1) is 18.5. The molecular formula is C22H26N4O2S. The Bertz CT molecular complexity index is 1030. The van der Waals surface area contributed by atoms with Crippen LogP contribution >= 0.6 is 11.3 Å². The van der Waals surface area contributed by atoms with Crippen LogP contribution in [0.25, 0.3) is 11.3 Å². The van der Waals surface area contributed by atoms with Crippen LogP contribution in [-0.4, -0.2) is 54.5 Å². The van der Waals surface area contributed by atoms with Gasteiger partial charge in [-0.05, 0) is 44.7 Å². The maximum atomic E-state index is 5.53. The fraction of sp³-hybridized carbons (Fsp3) is 0.409. The lowest BCUT2D eigenvalue weighted by Gasteiger charge is -2.32. The van der Waals surface area contributed by atoms with Gasteiger partial charge < -0.3 is 23.8 Å². The van der Waals surface area contributed by atoms with E-state index in [-0.39, 0.29) is 0 Å². The Balaban J connectivity index is 1.39. The molecule has 0 spiro atoms. The van der Waals surface area contributed by atoms with Crippen molar-refractivity contribution in [2.24, 2.45) is 0 Å². The monoisotopic (exact) mass is 410 g/mol. The molecule has 7 heteroatoms. The minimum absolute atomic E-state index is 0.309. The van der Waals surface area contributed by atoms with Gasteiger partial charge in [-0.1, -0.05) is 6.07 Å². The van der Waals surface area contributed by atoms with E-state index in [0.717, 1.165) is 55.0 Å². The van der Waals surface area contributed by atoms with Crippen LogP contribution in [0, 0.1) is 13.8 Å². The molecule has 5 rings (SSSR count). The van der Waals surface area contributed by atoms with Crippen LogP contribution in [0.4, 0.5) is 5.13 Å². The number of likely N-dealkylation sites (N-methyl/N-ethyl adjacent to an activating group) is 1. The molecule has 0 atom stereocenters. The zero-order valence-corrected chi connectivity index (χ0v) is 18.0. The number of rotatable bonds is 4. The van der Waals surface area contributed by atoms with Gasteiger partial charge in [0.25, 0.3) is 0 Å². The number of nitrogens with zero attached hydrogens (tertiary/aromatic N) is 4. The van der Waals surface area contributed by atoms with Crippen LogP contribution in [0.2, 0.25) is 0 Å². The summed E-state index contributed by atoms with van der Waals surface area (Å²) in [7, 11) is 2.18. The zero-order valence-electron chi connectivity index (χ0n) is 17.1. The van der Waals surface area contributed by atoms with E-state index in [4.69, 9.17) is 14.5 Å². The summed E-state index contributed by atoms with van der Waals surface area (Å²) in [5.41, 5.74) is 5.99. The normalized spacial score (nSPS) is 16.6. The van der Waals surface area contributed by atoms with Gasteiger partial charge in [-0.2, -0.15) is 0 Å². The van der Waals surface area contributed by atoms with E-state index in [0.29, 0.717) is 6.79 Å². The third-order valence-corrected chi connectivity index (χ3v) is 6.79. The standard InChI is InChI=1S/C22H26N4O2S/c1-15-10-18(19-13-29-22(23-19)25-8-6-24(3)7-9-25)16(2)26(15)12-17-4-5-20-21(11-17)28-14-27-20/h4-5,10-11,13H,6-9,12,14H2,1-3H3. The number of hydrogen-bond acceptors (Lipinski definition) is 6. The number of benzene rings is 1. The summed E-state index contributed by atoms with van der Waals surface area (Å²) in [6.07, 6.45) is 0. The zero-order chi connectivity index (χ0) is 20.0. The second-order valence-corrected chi connectivity index (χ2v) is 8.70. The molecule has 1 fully saturated rings. The third-order valence-electron chi connectivity index (χ3n) is 5.89. The number of ether oxygens (including phenoxy) is 2. The van der Waals surface area contributed by atoms with Crippen LogP contribution in [0.1, 0.15) is 17.0 Å². The van der Waals surface area contributed by atoms with Gasteiger partial charge >= 0.3 is 0 Å². The van der Waals surface area contributed by atoms with Gasteiger partial charge in [0.15, 0.2) is 16.6 Å². The highest BCUT2D eigenvalue weighted by Crippen LogP contribution is 2.35. The molecule has 0 amide bonds. The van der Waals surface area contributed by atoms with Crippen LogP contribution in [0.3, 0.4) is 0 Å². The van der Waals surface area contributed by atoms with E-state index < -0.39 is 0 Å². The molecule has 0 saturated carbocycles. The molecule has 3 aromatic rings. The minimum Gasteiger partial charge on any atom is -0.454 e.